The third kappa shape index (κ3) is 6.58. The van der Waals surface area contributed by atoms with Crippen molar-refractivity contribution in [2.24, 2.45) is 0 Å². The maximum atomic E-state index is 13.0. The van der Waals surface area contributed by atoms with E-state index < -0.39 is 0 Å². The zero-order valence-corrected chi connectivity index (χ0v) is 20.3. The molecule has 2 aliphatic heterocycles. The Morgan fingerprint density at radius 1 is 0.882 bits per heavy atom. The van der Waals surface area contributed by atoms with Crippen LogP contribution in [-0.4, -0.2) is 74.1 Å². The Bertz CT molecular complexity index is 954. The number of nitrogens with one attached hydrogen (secondary N) is 2. The molecule has 0 radical (unpaired) electrons. The van der Waals surface area contributed by atoms with Gasteiger partial charge in [-0.2, -0.15) is 0 Å². The molecule has 1 fully saturated rings. The van der Waals surface area contributed by atoms with E-state index in [1.165, 1.54) is 5.56 Å². The van der Waals surface area contributed by atoms with Crippen LogP contribution in [0.5, 0.6) is 0 Å². The van der Waals surface area contributed by atoms with Crippen LogP contribution in [0.2, 0.25) is 0 Å². The van der Waals surface area contributed by atoms with Crippen molar-refractivity contribution in [2.75, 3.05) is 62.6 Å². The van der Waals surface area contributed by atoms with Gasteiger partial charge in [-0.25, -0.2) is 4.79 Å². The van der Waals surface area contributed by atoms with E-state index >= 15 is 0 Å². The number of amides is 3. The molecule has 2 aliphatic rings. The van der Waals surface area contributed by atoms with E-state index in [1.54, 1.807) is 0 Å². The summed E-state index contributed by atoms with van der Waals surface area (Å²) in [6.45, 7) is 9.96. The van der Waals surface area contributed by atoms with Gasteiger partial charge in [0.05, 0.1) is 6.42 Å². The average Bonchev–Trinajstić information content (AvgIpc) is 3.08. The van der Waals surface area contributed by atoms with Gasteiger partial charge in [0.1, 0.15) is 0 Å². The van der Waals surface area contributed by atoms with Crippen LogP contribution in [-0.2, 0) is 17.6 Å². The van der Waals surface area contributed by atoms with Crippen LogP contribution < -0.4 is 15.5 Å². The number of hydrogen-bond acceptors (Lipinski definition) is 4. The van der Waals surface area contributed by atoms with Crippen LogP contribution in [0.15, 0.2) is 48.5 Å². The molecule has 3 amide bonds. The molecule has 7 nitrogen and oxygen atoms in total. The van der Waals surface area contributed by atoms with E-state index in [2.05, 4.69) is 33.4 Å². The molecule has 0 saturated carbocycles. The predicted molar refractivity (Wildman–Crippen MR) is 137 cm³/mol. The van der Waals surface area contributed by atoms with Crippen molar-refractivity contribution in [3.8, 4) is 0 Å². The highest BCUT2D eigenvalue weighted by Crippen LogP contribution is 2.26. The number of benzene rings is 2. The van der Waals surface area contributed by atoms with Crippen LogP contribution in [0.3, 0.4) is 0 Å². The number of nitrogens with zero attached hydrogens (tertiary/aromatic N) is 3. The Balaban J connectivity index is 1.22. The van der Waals surface area contributed by atoms with Gasteiger partial charge in [0.25, 0.3) is 0 Å². The SMILES string of the molecule is CCN1CCN(CCNC(=O)Cc2ccc(NC(=O)N3CCCCc4ccccc43)cc2)CC1. The monoisotopic (exact) mass is 463 g/mol. The molecule has 2 aromatic rings. The van der Waals surface area contributed by atoms with E-state index in [-0.39, 0.29) is 11.9 Å². The number of hydrogen-bond donors (Lipinski definition) is 2. The highest BCUT2D eigenvalue weighted by molar-refractivity contribution is 6.02. The molecular formula is C27H37N5O2. The van der Waals surface area contributed by atoms with Crippen molar-refractivity contribution in [1.29, 1.82) is 0 Å². The van der Waals surface area contributed by atoms with Crippen LogP contribution in [0.4, 0.5) is 16.2 Å². The molecule has 0 unspecified atom stereocenters. The summed E-state index contributed by atoms with van der Waals surface area (Å²) in [6.07, 6.45) is 3.43. The standard InChI is InChI=1S/C27H37N5O2/c1-2-30-17-19-31(20-18-30)16-14-28-26(33)21-22-10-12-24(13-11-22)29-27(34)32-15-6-5-8-23-7-3-4-9-25(23)32/h3-4,7,9-13H,2,5-6,8,14-21H2,1H3,(H,28,33)(H,29,34). The van der Waals surface area contributed by atoms with Gasteiger partial charge in [-0.15, -0.1) is 0 Å². The number of aryl methyl sites for hydroxylation is 1. The van der Waals surface area contributed by atoms with Gasteiger partial charge in [-0.1, -0.05) is 37.3 Å². The van der Waals surface area contributed by atoms with E-state index in [4.69, 9.17) is 0 Å². The summed E-state index contributed by atoms with van der Waals surface area (Å²) in [7, 11) is 0. The van der Waals surface area contributed by atoms with Gasteiger partial charge >= 0.3 is 6.03 Å². The molecule has 0 aromatic heterocycles. The van der Waals surface area contributed by atoms with Crippen molar-refractivity contribution in [2.45, 2.75) is 32.6 Å². The zero-order chi connectivity index (χ0) is 23.8. The molecule has 182 valence electrons. The van der Waals surface area contributed by atoms with Gasteiger partial charge in [0.2, 0.25) is 5.91 Å². The molecule has 0 bridgehead atoms. The number of para-hydroxylation sites is 1. The molecule has 0 spiro atoms. The highest BCUT2D eigenvalue weighted by Gasteiger charge is 2.21. The van der Waals surface area contributed by atoms with Crippen molar-refractivity contribution in [3.63, 3.8) is 0 Å². The second-order valence-electron chi connectivity index (χ2n) is 9.17. The zero-order valence-electron chi connectivity index (χ0n) is 20.3. The van der Waals surface area contributed by atoms with E-state index in [9.17, 15) is 9.59 Å². The summed E-state index contributed by atoms with van der Waals surface area (Å²) in [5.41, 5.74) is 3.90. The van der Waals surface area contributed by atoms with Crippen LogP contribution in [0.1, 0.15) is 30.9 Å². The molecule has 1 saturated heterocycles. The van der Waals surface area contributed by atoms with Crippen LogP contribution in [0, 0.1) is 0 Å². The first-order valence-electron chi connectivity index (χ1n) is 12.6. The first-order chi connectivity index (χ1) is 16.6. The number of likely N-dealkylation sites (N-methyl/N-ethyl adjacent to an activating group) is 1. The molecule has 4 rings (SSSR count). The number of piperazine rings is 1. The lowest BCUT2D eigenvalue weighted by Crippen LogP contribution is -2.48. The summed E-state index contributed by atoms with van der Waals surface area (Å²) in [5.74, 6) is 0.0325. The largest absolute Gasteiger partial charge is 0.355 e. The van der Waals surface area contributed by atoms with Gasteiger partial charge < -0.3 is 15.5 Å². The Kier molecular flexibility index (Phi) is 8.55. The fourth-order valence-corrected chi connectivity index (χ4v) is 4.73. The normalized spacial score (nSPS) is 17.0. The lowest BCUT2D eigenvalue weighted by molar-refractivity contribution is -0.120. The number of rotatable bonds is 7. The number of fused-ring (bicyclic) bond motifs is 1. The minimum atomic E-state index is -0.111. The number of anilines is 2. The summed E-state index contributed by atoms with van der Waals surface area (Å²) < 4.78 is 0. The van der Waals surface area contributed by atoms with Crippen molar-refractivity contribution >= 4 is 23.3 Å². The minimum Gasteiger partial charge on any atom is -0.355 e. The maximum Gasteiger partial charge on any atom is 0.326 e. The van der Waals surface area contributed by atoms with E-state index in [0.717, 1.165) is 82.0 Å². The quantitative estimate of drug-likeness (QED) is 0.661. The molecule has 34 heavy (non-hydrogen) atoms. The lowest BCUT2D eigenvalue weighted by Gasteiger charge is -2.33. The molecule has 0 atom stereocenters. The molecule has 2 heterocycles. The van der Waals surface area contributed by atoms with Crippen molar-refractivity contribution in [1.82, 2.24) is 15.1 Å². The average molecular weight is 464 g/mol. The second-order valence-corrected chi connectivity index (χ2v) is 9.17. The minimum absolute atomic E-state index is 0.0325. The third-order valence-corrected chi connectivity index (χ3v) is 6.84. The molecule has 2 N–H and O–H groups in total. The summed E-state index contributed by atoms with van der Waals surface area (Å²) >= 11 is 0. The van der Waals surface area contributed by atoms with Gasteiger partial charge in [-0.3, -0.25) is 14.6 Å². The molecule has 2 aromatic carbocycles. The third-order valence-electron chi connectivity index (χ3n) is 6.84. The van der Waals surface area contributed by atoms with Crippen LogP contribution in [0.25, 0.3) is 0 Å². The van der Waals surface area contributed by atoms with Crippen molar-refractivity contribution in [3.05, 3.63) is 59.7 Å². The second kappa shape index (κ2) is 12.0. The topological polar surface area (TPSA) is 67.9 Å². The molecule has 7 heteroatoms. The fraction of sp³-hybridized carbons (Fsp3) is 0.481. The van der Waals surface area contributed by atoms with Crippen LogP contribution >= 0.6 is 0 Å². The summed E-state index contributed by atoms with van der Waals surface area (Å²) in [4.78, 5) is 32.0. The molecular weight excluding hydrogens is 426 g/mol. The summed E-state index contributed by atoms with van der Waals surface area (Å²) in [6, 6.07) is 15.6. The maximum absolute atomic E-state index is 13.0. The number of carbonyl (C=O) groups excluding carboxylic acids is 2. The molecule has 0 aliphatic carbocycles. The van der Waals surface area contributed by atoms with Crippen molar-refractivity contribution < 1.29 is 9.59 Å². The fourth-order valence-electron chi connectivity index (χ4n) is 4.73. The van der Waals surface area contributed by atoms with Gasteiger partial charge in [0.15, 0.2) is 0 Å². The van der Waals surface area contributed by atoms with Gasteiger partial charge in [-0.05, 0) is 55.1 Å². The highest BCUT2D eigenvalue weighted by atomic mass is 16.2. The van der Waals surface area contributed by atoms with Gasteiger partial charge in [0, 0.05) is 57.2 Å². The first-order valence-corrected chi connectivity index (χ1v) is 12.6. The lowest BCUT2D eigenvalue weighted by atomic mass is 10.1. The predicted octanol–water partition coefficient (Wildman–Crippen LogP) is 3.36. The Hall–Kier alpha value is -2.90. The smallest absolute Gasteiger partial charge is 0.326 e. The Morgan fingerprint density at radius 3 is 2.38 bits per heavy atom. The Morgan fingerprint density at radius 2 is 1.62 bits per heavy atom. The van der Waals surface area contributed by atoms with E-state index in [1.807, 2.05) is 47.4 Å². The Labute approximate surface area is 203 Å². The van der Waals surface area contributed by atoms with E-state index in [0.29, 0.717) is 13.0 Å². The summed E-state index contributed by atoms with van der Waals surface area (Å²) in [5, 5.41) is 6.05. The number of carbonyl (C=O) groups is 2. The first kappa shape index (κ1) is 24.2. The number of urea groups is 1.